The van der Waals surface area contributed by atoms with Crippen molar-refractivity contribution in [2.45, 2.75) is 45.7 Å². The van der Waals surface area contributed by atoms with Gasteiger partial charge in [0.1, 0.15) is 5.54 Å². The number of urea groups is 1. The Bertz CT molecular complexity index is 273. The topological polar surface area (TPSA) is 78.4 Å². The number of aliphatic carboxylic acids is 1. The van der Waals surface area contributed by atoms with Crippen LogP contribution in [0.5, 0.6) is 0 Å². The first-order valence-corrected chi connectivity index (χ1v) is 6.91. The minimum Gasteiger partial charge on any atom is -0.480 e. The van der Waals surface area contributed by atoms with Crippen molar-refractivity contribution in [3.05, 3.63) is 0 Å². The molecule has 0 rings (SSSR count). The fraction of sp³-hybridized carbons (Fsp3) is 0.818. The highest BCUT2D eigenvalue weighted by atomic mass is 32.2. The van der Waals surface area contributed by atoms with E-state index >= 15 is 0 Å². The van der Waals surface area contributed by atoms with E-state index in [2.05, 4.69) is 17.6 Å². The number of rotatable bonds is 7. The van der Waals surface area contributed by atoms with E-state index in [0.29, 0.717) is 6.42 Å². The number of hydrogen-bond donors (Lipinski definition) is 3. The molecule has 2 amide bonds. The Balaban J connectivity index is 4.20. The van der Waals surface area contributed by atoms with Gasteiger partial charge in [-0.05, 0) is 26.0 Å². The van der Waals surface area contributed by atoms with Gasteiger partial charge in [0.2, 0.25) is 0 Å². The molecule has 5 nitrogen and oxygen atoms in total. The van der Waals surface area contributed by atoms with Crippen LogP contribution in [0.2, 0.25) is 0 Å². The van der Waals surface area contributed by atoms with Crippen LogP contribution in [0.3, 0.4) is 0 Å². The van der Waals surface area contributed by atoms with Gasteiger partial charge in [-0.25, -0.2) is 9.59 Å². The molecule has 0 bridgehead atoms. The van der Waals surface area contributed by atoms with Gasteiger partial charge >= 0.3 is 12.0 Å². The third kappa shape index (κ3) is 5.81. The predicted molar refractivity (Wildman–Crippen MR) is 70.5 cm³/mol. The summed E-state index contributed by atoms with van der Waals surface area (Å²) in [5.41, 5.74) is -1.21. The number of carbonyl (C=O) groups is 2. The van der Waals surface area contributed by atoms with Crippen LogP contribution in [-0.4, -0.2) is 40.2 Å². The van der Waals surface area contributed by atoms with E-state index in [1.165, 1.54) is 6.92 Å². The maximum Gasteiger partial charge on any atom is 0.329 e. The Kier molecular flexibility index (Phi) is 7.03. The summed E-state index contributed by atoms with van der Waals surface area (Å²) < 4.78 is 0. The average Bonchev–Trinajstić information content (AvgIpc) is 2.25. The summed E-state index contributed by atoms with van der Waals surface area (Å²) in [4.78, 5) is 22.6. The summed E-state index contributed by atoms with van der Waals surface area (Å²) in [7, 11) is 0. The molecule has 17 heavy (non-hydrogen) atoms. The molecule has 0 spiro atoms. The second kappa shape index (κ2) is 7.42. The van der Waals surface area contributed by atoms with Crippen LogP contribution in [0.15, 0.2) is 0 Å². The van der Waals surface area contributed by atoms with Crippen molar-refractivity contribution in [3.8, 4) is 0 Å². The van der Waals surface area contributed by atoms with E-state index in [1.807, 2.05) is 6.92 Å². The molecule has 6 heteroatoms. The molecule has 0 aromatic heterocycles. The van der Waals surface area contributed by atoms with Crippen molar-refractivity contribution in [1.82, 2.24) is 10.6 Å². The van der Waals surface area contributed by atoms with E-state index in [4.69, 9.17) is 5.11 Å². The summed E-state index contributed by atoms with van der Waals surface area (Å²) in [5, 5.41) is 14.2. The number of hydrogen-bond acceptors (Lipinski definition) is 3. The molecule has 0 saturated heterocycles. The van der Waals surface area contributed by atoms with Crippen molar-refractivity contribution < 1.29 is 14.7 Å². The number of amides is 2. The highest BCUT2D eigenvalue weighted by molar-refractivity contribution is 7.99. The Morgan fingerprint density at radius 2 is 2.00 bits per heavy atom. The smallest absolute Gasteiger partial charge is 0.329 e. The van der Waals surface area contributed by atoms with Crippen molar-refractivity contribution in [3.63, 3.8) is 0 Å². The SMILES string of the molecule is CCSCC(C)NC(=O)NC(C)(CC)C(=O)O. The number of thioether (sulfide) groups is 1. The fourth-order valence-electron chi connectivity index (χ4n) is 1.14. The Labute approximate surface area is 107 Å². The Hall–Kier alpha value is -0.910. The van der Waals surface area contributed by atoms with Crippen molar-refractivity contribution >= 4 is 23.8 Å². The predicted octanol–water partition coefficient (Wildman–Crippen LogP) is 1.68. The van der Waals surface area contributed by atoms with Gasteiger partial charge in [-0.15, -0.1) is 0 Å². The molecule has 0 aliphatic rings. The first-order valence-electron chi connectivity index (χ1n) is 5.75. The average molecular weight is 262 g/mol. The molecule has 3 N–H and O–H groups in total. The molecule has 0 aliphatic heterocycles. The molecule has 0 saturated carbocycles. The lowest BCUT2D eigenvalue weighted by molar-refractivity contribution is -0.143. The zero-order valence-corrected chi connectivity index (χ0v) is 11.7. The zero-order chi connectivity index (χ0) is 13.5. The zero-order valence-electron chi connectivity index (χ0n) is 10.9. The third-order valence-corrected chi connectivity index (χ3v) is 3.66. The van der Waals surface area contributed by atoms with E-state index < -0.39 is 17.5 Å². The van der Waals surface area contributed by atoms with Crippen LogP contribution in [0.1, 0.15) is 34.1 Å². The van der Waals surface area contributed by atoms with Crippen molar-refractivity contribution in [2.24, 2.45) is 0 Å². The minimum absolute atomic E-state index is 0.0230. The summed E-state index contributed by atoms with van der Waals surface area (Å²) in [6.07, 6.45) is 0.341. The van der Waals surface area contributed by atoms with Gasteiger partial charge in [-0.2, -0.15) is 11.8 Å². The first-order chi connectivity index (χ1) is 7.85. The van der Waals surface area contributed by atoms with E-state index in [9.17, 15) is 9.59 Å². The van der Waals surface area contributed by atoms with Crippen LogP contribution in [0.25, 0.3) is 0 Å². The lowest BCUT2D eigenvalue weighted by Gasteiger charge is -2.25. The monoisotopic (exact) mass is 262 g/mol. The van der Waals surface area contributed by atoms with Gasteiger partial charge in [0.25, 0.3) is 0 Å². The largest absolute Gasteiger partial charge is 0.480 e. The maximum absolute atomic E-state index is 11.6. The van der Waals surface area contributed by atoms with Gasteiger partial charge in [-0.1, -0.05) is 13.8 Å². The second-order valence-corrected chi connectivity index (χ2v) is 5.47. The molecule has 0 heterocycles. The second-order valence-electron chi connectivity index (χ2n) is 4.15. The normalized spacial score (nSPS) is 15.8. The van der Waals surface area contributed by atoms with E-state index in [-0.39, 0.29) is 6.04 Å². The molecular formula is C11H22N2O3S. The molecule has 0 fully saturated rings. The van der Waals surface area contributed by atoms with E-state index in [1.54, 1.807) is 18.7 Å². The lowest BCUT2D eigenvalue weighted by atomic mass is 10.00. The third-order valence-electron chi connectivity index (χ3n) is 2.52. The number of carboxylic acid groups (broad SMARTS) is 1. The molecule has 0 aliphatic carbocycles. The molecule has 0 aromatic rings. The highest BCUT2D eigenvalue weighted by Gasteiger charge is 2.32. The van der Waals surface area contributed by atoms with Gasteiger partial charge in [0, 0.05) is 11.8 Å². The van der Waals surface area contributed by atoms with Crippen LogP contribution in [-0.2, 0) is 4.79 Å². The summed E-state index contributed by atoms with van der Waals surface area (Å²) in [6, 6.07) is -0.407. The summed E-state index contributed by atoms with van der Waals surface area (Å²) in [5.74, 6) is 0.792. The van der Waals surface area contributed by atoms with Crippen molar-refractivity contribution in [2.75, 3.05) is 11.5 Å². The van der Waals surface area contributed by atoms with Gasteiger partial charge in [0.15, 0.2) is 0 Å². The maximum atomic E-state index is 11.6. The molecule has 0 aromatic carbocycles. The van der Waals surface area contributed by atoms with Gasteiger partial charge in [-0.3, -0.25) is 0 Å². The van der Waals surface area contributed by atoms with Gasteiger partial charge in [0.05, 0.1) is 0 Å². The molecule has 2 atom stereocenters. The fourth-order valence-corrected chi connectivity index (χ4v) is 1.81. The summed E-state index contributed by atoms with van der Waals surface area (Å²) >= 11 is 1.73. The van der Waals surface area contributed by atoms with Crippen LogP contribution in [0, 0.1) is 0 Å². The Morgan fingerprint density at radius 3 is 2.41 bits per heavy atom. The van der Waals surface area contributed by atoms with Crippen LogP contribution < -0.4 is 10.6 Å². The number of nitrogens with one attached hydrogen (secondary N) is 2. The standard InChI is InChI=1S/C11H22N2O3S/c1-5-11(4,9(14)15)13-10(16)12-8(3)7-17-6-2/h8H,5-7H2,1-4H3,(H,14,15)(H2,12,13,16). The molecule has 2 unspecified atom stereocenters. The summed E-state index contributed by atoms with van der Waals surface area (Å²) in [6.45, 7) is 7.17. The van der Waals surface area contributed by atoms with E-state index in [0.717, 1.165) is 11.5 Å². The Morgan fingerprint density at radius 1 is 1.41 bits per heavy atom. The van der Waals surface area contributed by atoms with Crippen molar-refractivity contribution in [1.29, 1.82) is 0 Å². The van der Waals surface area contributed by atoms with Crippen LogP contribution in [0.4, 0.5) is 4.79 Å². The molecule has 100 valence electrons. The molecular weight excluding hydrogens is 240 g/mol. The number of carboxylic acids is 1. The number of carbonyl (C=O) groups excluding carboxylic acids is 1. The molecule has 0 radical (unpaired) electrons. The highest BCUT2D eigenvalue weighted by Crippen LogP contribution is 2.09. The lowest BCUT2D eigenvalue weighted by Crippen LogP contribution is -2.56. The van der Waals surface area contributed by atoms with Gasteiger partial charge < -0.3 is 15.7 Å². The minimum atomic E-state index is -1.21. The van der Waals surface area contributed by atoms with Crippen LogP contribution >= 0.6 is 11.8 Å². The first kappa shape index (κ1) is 16.1. The quantitative estimate of drug-likeness (QED) is 0.652.